The van der Waals surface area contributed by atoms with Crippen molar-refractivity contribution in [2.24, 2.45) is 0 Å². The fourth-order valence-corrected chi connectivity index (χ4v) is 3.13. The summed E-state index contributed by atoms with van der Waals surface area (Å²) in [5, 5.41) is 21.0. The number of benzene rings is 1. The Kier molecular flexibility index (Phi) is 4.66. The highest BCUT2D eigenvalue weighted by molar-refractivity contribution is 5.86. The third kappa shape index (κ3) is 3.52. The van der Waals surface area contributed by atoms with Gasteiger partial charge in [-0.15, -0.1) is 0 Å². The molecule has 0 amide bonds. The van der Waals surface area contributed by atoms with Gasteiger partial charge in [0.05, 0.1) is 25.9 Å². The van der Waals surface area contributed by atoms with Crippen LogP contribution < -0.4 is 11.1 Å². The number of hydrogen-bond donors (Lipinski definition) is 3. The molecule has 4 aromatic rings. The van der Waals surface area contributed by atoms with Gasteiger partial charge in [-0.25, -0.2) is 4.98 Å². The van der Waals surface area contributed by atoms with Crippen molar-refractivity contribution < 1.29 is 9.63 Å². The van der Waals surface area contributed by atoms with E-state index in [2.05, 4.69) is 25.5 Å². The van der Waals surface area contributed by atoms with Gasteiger partial charge in [-0.1, -0.05) is 23.4 Å². The van der Waals surface area contributed by atoms with Crippen LogP contribution in [0.15, 0.2) is 35.0 Å². The fraction of sp³-hybridized carbons (Fsp3) is 0.263. The van der Waals surface area contributed by atoms with Crippen LogP contribution in [-0.2, 0) is 19.7 Å². The molecule has 0 saturated carbocycles. The van der Waals surface area contributed by atoms with Gasteiger partial charge in [0, 0.05) is 6.07 Å². The van der Waals surface area contributed by atoms with Crippen LogP contribution in [-0.4, -0.2) is 30.0 Å². The summed E-state index contributed by atoms with van der Waals surface area (Å²) < 4.78 is 6.94. The van der Waals surface area contributed by atoms with Crippen molar-refractivity contribution in [2.45, 2.75) is 33.5 Å². The highest BCUT2D eigenvalue weighted by Gasteiger charge is 2.14. The summed E-state index contributed by atoms with van der Waals surface area (Å²) in [6, 6.07) is 7.74. The van der Waals surface area contributed by atoms with Crippen molar-refractivity contribution in [3.63, 3.8) is 0 Å². The predicted molar refractivity (Wildman–Crippen MR) is 105 cm³/mol. The number of rotatable bonds is 6. The highest BCUT2D eigenvalue weighted by atomic mass is 16.5. The molecular formula is C19H21N7O2. The molecule has 0 saturated heterocycles. The largest absolute Gasteiger partial charge is 0.392 e. The topological polar surface area (TPSA) is 128 Å². The van der Waals surface area contributed by atoms with Crippen LogP contribution >= 0.6 is 0 Å². The second-order valence-electron chi connectivity index (χ2n) is 6.67. The zero-order valence-corrected chi connectivity index (χ0v) is 15.7. The molecule has 0 fully saturated rings. The summed E-state index contributed by atoms with van der Waals surface area (Å²) in [6.45, 7) is 4.87. The number of aromatic nitrogens is 5. The zero-order chi connectivity index (χ0) is 19.7. The van der Waals surface area contributed by atoms with Gasteiger partial charge in [-0.2, -0.15) is 10.1 Å². The molecule has 28 heavy (non-hydrogen) atoms. The second kappa shape index (κ2) is 7.28. The molecule has 9 nitrogen and oxygen atoms in total. The van der Waals surface area contributed by atoms with E-state index in [1.807, 2.05) is 42.8 Å². The van der Waals surface area contributed by atoms with E-state index in [9.17, 15) is 5.11 Å². The third-order valence-corrected chi connectivity index (χ3v) is 4.53. The van der Waals surface area contributed by atoms with E-state index in [-0.39, 0.29) is 12.6 Å². The first-order valence-electron chi connectivity index (χ1n) is 8.88. The minimum absolute atomic E-state index is 0.0223. The van der Waals surface area contributed by atoms with Crippen LogP contribution in [0.3, 0.4) is 0 Å². The summed E-state index contributed by atoms with van der Waals surface area (Å²) in [4.78, 5) is 8.63. The lowest BCUT2D eigenvalue weighted by Gasteiger charge is -2.11. The summed E-state index contributed by atoms with van der Waals surface area (Å²) in [5.41, 5.74) is 11.1. The van der Waals surface area contributed by atoms with Gasteiger partial charge in [0.2, 0.25) is 5.95 Å². The number of aliphatic hydroxyl groups is 1. The first kappa shape index (κ1) is 17.9. The summed E-state index contributed by atoms with van der Waals surface area (Å²) in [6.07, 6.45) is 1.68. The Labute approximate surface area is 161 Å². The van der Waals surface area contributed by atoms with Gasteiger partial charge < -0.3 is 20.7 Å². The smallest absolute Gasteiger partial charge is 0.222 e. The van der Waals surface area contributed by atoms with Crippen molar-refractivity contribution in [1.82, 2.24) is 24.9 Å². The van der Waals surface area contributed by atoms with E-state index >= 15 is 0 Å². The van der Waals surface area contributed by atoms with Gasteiger partial charge in [0.25, 0.3) is 0 Å². The number of hydrogen-bond acceptors (Lipinski definition) is 8. The van der Waals surface area contributed by atoms with Gasteiger partial charge in [0.1, 0.15) is 22.5 Å². The number of anilines is 2. The number of nitrogens with two attached hydrogens (primary N) is 1. The molecule has 9 heteroatoms. The number of nitrogen functional groups attached to an aromatic ring is 1. The van der Waals surface area contributed by atoms with Crippen molar-refractivity contribution in [1.29, 1.82) is 0 Å². The SMILES string of the molecule is Cc1cc(CNc2nc(N)nc3cnn(Cc4ccc(CO)cc4C)c23)no1. The van der Waals surface area contributed by atoms with Crippen molar-refractivity contribution in [2.75, 3.05) is 11.1 Å². The Morgan fingerprint density at radius 3 is 2.79 bits per heavy atom. The average Bonchev–Trinajstić information content (AvgIpc) is 3.27. The van der Waals surface area contributed by atoms with Gasteiger partial charge in [0.15, 0.2) is 5.82 Å². The van der Waals surface area contributed by atoms with Gasteiger partial charge >= 0.3 is 0 Å². The van der Waals surface area contributed by atoms with E-state index in [4.69, 9.17) is 10.3 Å². The lowest BCUT2D eigenvalue weighted by Crippen LogP contribution is -2.09. The Hall–Kier alpha value is -3.46. The molecule has 0 radical (unpaired) electrons. The number of nitrogens with zero attached hydrogens (tertiary/aromatic N) is 5. The quantitative estimate of drug-likeness (QED) is 0.465. The van der Waals surface area contributed by atoms with Crippen molar-refractivity contribution in [3.8, 4) is 0 Å². The van der Waals surface area contributed by atoms with Gasteiger partial charge in [-0.3, -0.25) is 4.68 Å². The lowest BCUT2D eigenvalue weighted by atomic mass is 10.1. The number of fused-ring (bicyclic) bond motifs is 1. The molecule has 0 spiro atoms. The van der Waals surface area contributed by atoms with Gasteiger partial charge in [-0.05, 0) is 30.5 Å². The first-order valence-corrected chi connectivity index (χ1v) is 8.88. The molecule has 3 aromatic heterocycles. The van der Waals surface area contributed by atoms with E-state index in [0.717, 1.165) is 33.7 Å². The molecule has 0 atom stereocenters. The normalized spacial score (nSPS) is 11.2. The standard InChI is InChI=1S/C19H21N7O2/c1-11-5-13(10-27)3-4-14(11)9-26-17-16(8-22-26)23-19(20)24-18(17)21-7-15-6-12(2)28-25-15/h3-6,8,27H,7,9-10H2,1-2H3,(H3,20,21,23,24). The number of aryl methyl sites for hydroxylation is 2. The summed E-state index contributed by atoms with van der Waals surface area (Å²) in [5.74, 6) is 1.51. The summed E-state index contributed by atoms with van der Waals surface area (Å²) >= 11 is 0. The molecule has 3 heterocycles. The molecular weight excluding hydrogens is 358 g/mol. The minimum atomic E-state index is 0.0223. The van der Waals surface area contributed by atoms with E-state index in [1.54, 1.807) is 6.20 Å². The molecule has 144 valence electrons. The molecule has 0 aliphatic carbocycles. The minimum Gasteiger partial charge on any atom is -0.392 e. The molecule has 4 rings (SSSR count). The monoisotopic (exact) mass is 379 g/mol. The average molecular weight is 379 g/mol. The Morgan fingerprint density at radius 1 is 1.21 bits per heavy atom. The first-order chi connectivity index (χ1) is 13.5. The third-order valence-electron chi connectivity index (χ3n) is 4.53. The van der Waals surface area contributed by atoms with Crippen molar-refractivity contribution in [3.05, 3.63) is 58.6 Å². The van der Waals surface area contributed by atoms with Crippen LogP contribution in [0.2, 0.25) is 0 Å². The number of aliphatic hydroxyl groups excluding tert-OH is 1. The fourth-order valence-electron chi connectivity index (χ4n) is 3.13. The van der Waals surface area contributed by atoms with Crippen LogP contribution in [0.5, 0.6) is 0 Å². The lowest BCUT2D eigenvalue weighted by molar-refractivity contribution is 0.281. The van der Waals surface area contributed by atoms with E-state index < -0.39 is 0 Å². The van der Waals surface area contributed by atoms with Crippen LogP contribution in [0, 0.1) is 13.8 Å². The Balaban J connectivity index is 1.67. The molecule has 4 N–H and O–H groups in total. The van der Waals surface area contributed by atoms with Crippen LogP contribution in [0.25, 0.3) is 11.0 Å². The maximum atomic E-state index is 9.30. The maximum absolute atomic E-state index is 9.30. The van der Waals surface area contributed by atoms with E-state index in [0.29, 0.717) is 24.4 Å². The molecule has 1 aromatic carbocycles. The molecule has 0 aliphatic heterocycles. The second-order valence-corrected chi connectivity index (χ2v) is 6.67. The zero-order valence-electron chi connectivity index (χ0n) is 15.7. The summed E-state index contributed by atoms with van der Waals surface area (Å²) in [7, 11) is 0. The molecule has 0 unspecified atom stereocenters. The highest BCUT2D eigenvalue weighted by Crippen LogP contribution is 2.23. The molecule has 0 bridgehead atoms. The Morgan fingerprint density at radius 2 is 2.07 bits per heavy atom. The predicted octanol–water partition coefficient (Wildman–Crippen LogP) is 2.17. The maximum Gasteiger partial charge on any atom is 0.222 e. The van der Waals surface area contributed by atoms with Crippen molar-refractivity contribution >= 4 is 22.8 Å². The van der Waals surface area contributed by atoms with Crippen LogP contribution in [0.4, 0.5) is 11.8 Å². The number of nitrogens with one attached hydrogen (secondary N) is 1. The van der Waals surface area contributed by atoms with E-state index in [1.165, 1.54) is 0 Å². The van der Waals surface area contributed by atoms with Crippen LogP contribution in [0.1, 0.15) is 28.1 Å². The molecule has 0 aliphatic rings. The Bertz CT molecular complexity index is 1130.